The minimum absolute atomic E-state index is 0.0636. The van der Waals surface area contributed by atoms with Crippen LogP contribution >= 0.6 is 0 Å². The fourth-order valence-electron chi connectivity index (χ4n) is 5.95. The molecular weight excluding hydrogens is 420 g/mol. The number of rotatable bonds is 5. The predicted octanol–water partition coefficient (Wildman–Crippen LogP) is 4.34. The first-order chi connectivity index (χ1) is 15.6. The van der Waals surface area contributed by atoms with Gasteiger partial charge in [-0.15, -0.1) is 0 Å². The van der Waals surface area contributed by atoms with Crippen LogP contribution in [-0.4, -0.2) is 41.0 Å². The summed E-state index contributed by atoms with van der Waals surface area (Å²) in [6.07, 6.45) is 6.14. The second kappa shape index (κ2) is 8.49. The van der Waals surface area contributed by atoms with Crippen molar-refractivity contribution in [2.24, 2.45) is 22.7 Å². The topological polar surface area (TPSA) is 93.1 Å². The quantitative estimate of drug-likeness (QED) is 0.510. The van der Waals surface area contributed by atoms with Crippen LogP contribution in [0.5, 0.6) is 5.75 Å². The zero-order valence-electron chi connectivity index (χ0n) is 19.4. The molecule has 1 saturated heterocycles. The van der Waals surface area contributed by atoms with Gasteiger partial charge in [0.1, 0.15) is 18.5 Å². The SMILES string of the molecule is C=C/C(C)=C\CC1(C)C(C)CC(O)C23COC(=O)C2=CC(OC(=O)c2ccc(O)cc2)CC13. The van der Waals surface area contributed by atoms with Crippen molar-refractivity contribution in [3.63, 3.8) is 0 Å². The van der Waals surface area contributed by atoms with Crippen LogP contribution in [0.4, 0.5) is 0 Å². The van der Waals surface area contributed by atoms with Crippen LogP contribution in [0.25, 0.3) is 0 Å². The number of carbonyl (C=O) groups excluding carboxylic acids is 2. The third-order valence-corrected chi connectivity index (χ3v) is 8.25. The Morgan fingerprint density at radius 1 is 1.30 bits per heavy atom. The number of cyclic esters (lactones) is 1. The van der Waals surface area contributed by atoms with Gasteiger partial charge in [0.05, 0.1) is 17.1 Å². The number of benzene rings is 1. The molecule has 1 heterocycles. The normalized spacial score (nSPS) is 35.7. The summed E-state index contributed by atoms with van der Waals surface area (Å²) >= 11 is 0. The average Bonchev–Trinajstić information content (AvgIpc) is 3.13. The molecule has 1 saturated carbocycles. The monoisotopic (exact) mass is 452 g/mol. The van der Waals surface area contributed by atoms with Gasteiger partial charge in [-0.1, -0.05) is 38.2 Å². The van der Waals surface area contributed by atoms with Gasteiger partial charge in [0, 0.05) is 5.57 Å². The van der Waals surface area contributed by atoms with E-state index < -0.39 is 29.6 Å². The van der Waals surface area contributed by atoms with E-state index in [9.17, 15) is 19.8 Å². The van der Waals surface area contributed by atoms with Crippen molar-refractivity contribution >= 4 is 11.9 Å². The molecule has 3 aliphatic rings. The van der Waals surface area contributed by atoms with Crippen LogP contribution in [0.2, 0.25) is 0 Å². The van der Waals surface area contributed by atoms with Gasteiger partial charge in [0.2, 0.25) is 0 Å². The third kappa shape index (κ3) is 3.80. The number of aromatic hydroxyl groups is 1. The molecule has 2 N–H and O–H groups in total. The van der Waals surface area contributed by atoms with E-state index in [-0.39, 0.29) is 29.6 Å². The molecule has 1 aromatic rings. The van der Waals surface area contributed by atoms with Crippen molar-refractivity contribution < 1.29 is 29.3 Å². The van der Waals surface area contributed by atoms with Gasteiger partial charge in [0.15, 0.2) is 0 Å². The molecule has 0 aromatic heterocycles. The Bertz CT molecular complexity index is 1020. The average molecular weight is 453 g/mol. The first kappa shape index (κ1) is 23.3. The standard InChI is InChI=1S/C27H32O6/c1-5-16(2)10-11-26(4)17(3)12-23(29)27-15-32-25(31)21(27)13-20(14-22(26)27)33-24(30)18-6-8-19(28)9-7-18/h5-10,13,17,20,22-23,28-29H,1,11-12,14-15H2,2-4H3/b16-10-. The first-order valence-electron chi connectivity index (χ1n) is 11.5. The molecule has 6 unspecified atom stereocenters. The first-order valence-corrected chi connectivity index (χ1v) is 11.5. The molecule has 33 heavy (non-hydrogen) atoms. The van der Waals surface area contributed by atoms with Crippen LogP contribution < -0.4 is 0 Å². The van der Waals surface area contributed by atoms with Crippen LogP contribution in [-0.2, 0) is 14.3 Å². The van der Waals surface area contributed by atoms with Crippen LogP contribution in [0.3, 0.4) is 0 Å². The molecule has 6 heteroatoms. The summed E-state index contributed by atoms with van der Waals surface area (Å²) in [5.74, 6) is -0.848. The molecule has 6 atom stereocenters. The Kier molecular flexibility index (Phi) is 5.99. The molecular formula is C27H32O6. The second-order valence-corrected chi connectivity index (χ2v) is 9.99. The molecule has 176 valence electrons. The number of phenols is 1. The summed E-state index contributed by atoms with van der Waals surface area (Å²) < 4.78 is 11.3. The summed E-state index contributed by atoms with van der Waals surface area (Å²) in [5, 5.41) is 20.7. The smallest absolute Gasteiger partial charge is 0.338 e. The van der Waals surface area contributed by atoms with Crippen molar-refractivity contribution in [2.45, 2.75) is 52.2 Å². The van der Waals surface area contributed by atoms with E-state index in [0.29, 0.717) is 24.0 Å². The lowest BCUT2D eigenvalue weighted by Crippen LogP contribution is -2.60. The molecule has 1 aromatic carbocycles. The van der Waals surface area contributed by atoms with Crippen LogP contribution in [0.1, 0.15) is 50.4 Å². The molecule has 2 aliphatic carbocycles. The number of carbonyl (C=O) groups is 2. The summed E-state index contributed by atoms with van der Waals surface area (Å²) in [4.78, 5) is 25.5. The van der Waals surface area contributed by atoms with E-state index in [4.69, 9.17) is 9.47 Å². The number of ether oxygens (including phenoxy) is 2. The molecule has 1 spiro atoms. The van der Waals surface area contributed by atoms with Crippen molar-refractivity contribution in [2.75, 3.05) is 6.61 Å². The van der Waals surface area contributed by atoms with Crippen molar-refractivity contribution in [1.29, 1.82) is 0 Å². The Labute approximate surface area is 194 Å². The number of phenolic OH excluding ortho intramolecular Hbond substituents is 1. The van der Waals surface area contributed by atoms with E-state index in [0.717, 1.165) is 12.0 Å². The molecule has 6 nitrogen and oxygen atoms in total. The molecule has 2 fully saturated rings. The molecule has 1 aliphatic heterocycles. The maximum atomic E-state index is 12.8. The van der Waals surface area contributed by atoms with Gasteiger partial charge in [-0.25, -0.2) is 9.59 Å². The van der Waals surface area contributed by atoms with Crippen molar-refractivity contribution in [3.05, 3.63) is 65.8 Å². The molecule has 0 bridgehead atoms. The predicted molar refractivity (Wildman–Crippen MR) is 123 cm³/mol. The summed E-state index contributed by atoms with van der Waals surface area (Å²) in [6, 6.07) is 5.86. The number of hydrogen-bond donors (Lipinski definition) is 2. The minimum Gasteiger partial charge on any atom is -0.508 e. The van der Waals surface area contributed by atoms with Gasteiger partial charge in [0.25, 0.3) is 0 Å². The lowest BCUT2D eigenvalue weighted by molar-refractivity contribution is -0.144. The molecule has 0 radical (unpaired) electrons. The van der Waals surface area contributed by atoms with Gasteiger partial charge in [-0.3, -0.25) is 0 Å². The lowest BCUT2D eigenvalue weighted by atomic mass is 9.45. The minimum atomic E-state index is -0.796. The van der Waals surface area contributed by atoms with Crippen LogP contribution in [0, 0.1) is 22.7 Å². The van der Waals surface area contributed by atoms with E-state index >= 15 is 0 Å². The highest BCUT2D eigenvalue weighted by Crippen LogP contribution is 2.64. The number of allylic oxidation sites excluding steroid dienone is 3. The van der Waals surface area contributed by atoms with Gasteiger partial charge in [-0.05, 0) is 73.8 Å². The van der Waals surface area contributed by atoms with Crippen molar-refractivity contribution in [3.8, 4) is 5.75 Å². The Morgan fingerprint density at radius 3 is 2.67 bits per heavy atom. The van der Waals surface area contributed by atoms with E-state index in [1.54, 1.807) is 6.08 Å². The summed E-state index contributed by atoms with van der Waals surface area (Å²) in [5.41, 5.74) is 0.776. The summed E-state index contributed by atoms with van der Waals surface area (Å²) in [6.45, 7) is 10.3. The van der Waals surface area contributed by atoms with Crippen LogP contribution in [0.15, 0.2) is 60.2 Å². The van der Waals surface area contributed by atoms with E-state index in [1.165, 1.54) is 24.3 Å². The fraction of sp³-hybridized carbons (Fsp3) is 0.481. The zero-order chi connectivity index (χ0) is 24.0. The van der Waals surface area contributed by atoms with Gasteiger partial charge >= 0.3 is 11.9 Å². The second-order valence-electron chi connectivity index (χ2n) is 9.99. The number of esters is 2. The molecule has 4 rings (SSSR count). The highest BCUT2D eigenvalue weighted by atomic mass is 16.5. The zero-order valence-corrected chi connectivity index (χ0v) is 19.4. The lowest BCUT2D eigenvalue weighted by Gasteiger charge is -2.58. The Morgan fingerprint density at radius 2 is 2.00 bits per heavy atom. The third-order valence-electron chi connectivity index (χ3n) is 8.25. The fourth-order valence-corrected chi connectivity index (χ4v) is 5.95. The molecule has 0 amide bonds. The number of hydrogen-bond acceptors (Lipinski definition) is 6. The Hall–Kier alpha value is -2.86. The van der Waals surface area contributed by atoms with E-state index in [2.05, 4.69) is 26.5 Å². The largest absolute Gasteiger partial charge is 0.508 e. The van der Waals surface area contributed by atoms with Gasteiger partial charge in [-0.2, -0.15) is 0 Å². The maximum absolute atomic E-state index is 12.8. The summed E-state index contributed by atoms with van der Waals surface area (Å²) in [7, 11) is 0. The van der Waals surface area contributed by atoms with Crippen molar-refractivity contribution in [1.82, 2.24) is 0 Å². The maximum Gasteiger partial charge on any atom is 0.338 e. The highest BCUT2D eigenvalue weighted by molar-refractivity contribution is 5.93. The van der Waals surface area contributed by atoms with E-state index in [1.807, 2.05) is 13.0 Å². The Balaban J connectivity index is 1.72. The number of aliphatic hydroxyl groups excluding tert-OH is 1. The highest BCUT2D eigenvalue weighted by Gasteiger charge is 2.66. The van der Waals surface area contributed by atoms with Gasteiger partial charge < -0.3 is 19.7 Å². The number of aliphatic hydroxyl groups is 1.